The summed E-state index contributed by atoms with van der Waals surface area (Å²) in [7, 11) is 1.47. The van der Waals surface area contributed by atoms with Gasteiger partial charge in [-0.3, -0.25) is 4.79 Å². The van der Waals surface area contributed by atoms with Crippen molar-refractivity contribution in [2.24, 2.45) is 11.3 Å². The minimum absolute atomic E-state index is 0.0479. The van der Waals surface area contributed by atoms with E-state index in [1.165, 1.54) is 13.5 Å². The van der Waals surface area contributed by atoms with Gasteiger partial charge in [-0.25, -0.2) is 0 Å². The van der Waals surface area contributed by atoms with E-state index in [4.69, 9.17) is 4.74 Å². The minimum Gasteiger partial charge on any atom is -0.469 e. The van der Waals surface area contributed by atoms with Crippen LogP contribution in [0.25, 0.3) is 0 Å². The van der Waals surface area contributed by atoms with E-state index in [0.717, 1.165) is 26.1 Å². The Labute approximate surface area is 92.8 Å². The third kappa shape index (κ3) is 4.20. The molecular formula is C12H23NO2. The van der Waals surface area contributed by atoms with Gasteiger partial charge in [0.2, 0.25) is 0 Å². The van der Waals surface area contributed by atoms with E-state index < -0.39 is 0 Å². The molecule has 1 rings (SSSR count). The molecule has 1 fully saturated rings. The lowest BCUT2D eigenvalue weighted by molar-refractivity contribution is -0.144. The first-order chi connectivity index (χ1) is 6.92. The van der Waals surface area contributed by atoms with Gasteiger partial charge >= 0.3 is 5.97 Å². The molecule has 0 spiro atoms. The summed E-state index contributed by atoms with van der Waals surface area (Å²) in [5.74, 6) is 0.0585. The van der Waals surface area contributed by atoms with Crippen molar-refractivity contribution in [3.8, 4) is 0 Å². The Hall–Kier alpha value is -0.570. The largest absolute Gasteiger partial charge is 0.469 e. The number of rotatable bonds is 3. The van der Waals surface area contributed by atoms with Gasteiger partial charge in [0.25, 0.3) is 0 Å². The molecule has 3 nitrogen and oxygen atoms in total. The molecule has 0 bridgehead atoms. The molecule has 88 valence electrons. The summed E-state index contributed by atoms with van der Waals surface area (Å²) in [6.45, 7) is 9.76. The van der Waals surface area contributed by atoms with E-state index in [1.807, 2.05) is 0 Å². The number of esters is 1. The van der Waals surface area contributed by atoms with Gasteiger partial charge in [-0.2, -0.15) is 0 Å². The molecule has 1 aliphatic heterocycles. The standard InChI is InChI=1S/C12H23NO2/c1-12(2,3)6-8-13-7-5-10(9-13)11(14)15-4/h10H,5-9H2,1-4H3. The number of methoxy groups -OCH3 is 1. The zero-order chi connectivity index (χ0) is 11.5. The van der Waals surface area contributed by atoms with E-state index >= 15 is 0 Å². The average Bonchev–Trinajstić information content (AvgIpc) is 2.61. The van der Waals surface area contributed by atoms with Gasteiger partial charge in [-0.15, -0.1) is 0 Å². The van der Waals surface area contributed by atoms with Gasteiger partial charge in [0.05, 0.1) is 13.0 Å². The van der Waals surface area contributed by atoms with E-state index in [1.54, 1.807) is 0 Å². The molecular weight excluding hydrogens is 190 g/mol. The lowest BCUT2D eigenvalue weighted by atomic mass is 9.92. The van der Waals surface area contributed by atoms with Gasteiger partial charge in [-0.1, -0.05) is 20.8 Å². The van der Waals surface area contributed by atoms with Crippen LogP contribution in [0.4, 0.5) is 0 Å². The van der Waals surface area contributed by atoms with E-state index in [-0.39, 0.29) is 11.9 Å². The maximum Gasteiger partial charge on any atom is 0.310 e. The van der Waals surface area contributed by atoms with Crippen LogP contribution < -0.4 is 0 Å². The summed E-state index contributed by atoms with van der Waals surface area (Å²) >= 11 is 0. The Bertz CT molecular complexity index is 220. The molecule has 1 aliphatic rings. The normalized spacial score (nSPS) is 23.1. The summed E-state index contributed by atoms with van der Waals surface area (Å²) in [6, 6.07) is 0. The topological polar surface area (TPSA) is 29.5 Å². The molecule has 0 saturated carbocycles. The van der Waals surface area contributed by atoms with Crippen molar-refractivity contribution in [3.63, 3.8) is 0 Å². The predicted molar refractivity (Wildman–Crippen MR) is 60.6 cm³/mol. The second-order valence-corrected chi connectivity index (χ2v) is 5.62. The monoisotopic (exact) mass is 213 g/mol. The number of likely N-dealkylation sites (tertiary alicyclic amines) is 1. The van der Waals surface area contributed by atoms with Gasteiger partial charge in [0, 0.05) is 6.54 Å². The molecule has 1 heterocycles. The summed E-state index contributed by atoms with van der Waals surface area (Å²) < 4.78 is 4.76. The van der Waals surface area contributed by atoms with E-state index in [0.29, 0.717) is 5.41 Å². The number of carbonyl (C=O) groups excluding carboxylic acids is 1. The Balaban J connectivity index is 2.28. The van der Waals surface area contributed by atoms with Crippen LogP contribution in [0.5, 0.6) is 0 Å². The molecule has 0 aromatic rings. The lowest BCUT2D eigenvalue weighted by Gasteiger charge is -2.23. The van der Waals surface area contributed by atoms with E-state index in [2.05, 4.69) is 25.7 Å². The molecule has 3 heteroatoms. The van der Waals surface area contributed by atoms with Crippen LogP contribution in [0.15, 0.2) is 0 Å². The van der Waals surface area contributed by atoms with Crippen molar-refractivity contribution >= 4 is 5.97 Å². The SMILES string of the molecule is COC(=O)C1CCN(CCC(C)(C)C)C1. The highest BCUT2D eigenvalue weighted by Gasteiger charge is 2.29. The minimum atomic E-state index is -0.0479. The maximum atomic E-state index is 11.3. The van der Waals surface area contributed by atoms with Crippen LogP contribution in [0.1, 0.15) is 33.6 Å². The fraction of sp³-hybridized carbons (Fsp3) is 0.917. The van der Waals surface area contributed by atoms with Crippen molar-refractivity contribution in [2.45, 2.75) is 33.6 Å². The smallest absolute Gasteiger partial charge is 0.310 e. The molecule has 1 atom stereocenters. The van der Waals surface area contributed by atoms with Crippen LogP contribution in [-0.4, -0.2) is 37.6 Å². The lowest BCUT2D eigenvalue weighted by Crippen LogP contribution is -2.27. The summed E-state index contributed by atoms with van der Waals surface area (Å²) in [5.41, 5.74) is 0.378. The molecule has 15 heavy (non-hydrogen) atoms. The molecule has 0 aromatic carbocycles. The third-order valence-corrected chi connectivity index (χ3v) is 2.98. The zero-order valence-electron chi connectivity index (χ0n) is 10.4. The molecule has 0 aliphatic carbocycles. The first-order valence-electron chi connectivity index (χ1n) is 5.72. The number of hydrogen-bond acceptors (Lipinski definition) is 3. The van der Waals surface area contributed by atoms with Gasteiger partial charge in [0.15, 0.2) is 0 Å². The van der Waals surface area contributed by atoms with Gasteiger partial charge in [-0.05, 0) is 31.3 Å². The van der Waals surface area contributed by atoms with Crippen molar-refractivity contribution in [1.82, 2.24) is 4.90 Å². The molecule has 0 N–H and O–H groups in total. The van der Waals surface area contributed by atoms with Crippen molar-refractivity contribution in [3.05, 3.63) is 0 Å². The molecule has 1 unspecified atom stereocenters. The maximum absolute atomic E-state index is 11.3. The molecule has 0 radical (unpaired) electrons. The summed E-state index contributed by atoms with van der Waals surface area (Å²) in [4.78, 5) is 13.7. The predicted octanol–water partition coefficient (Wildman–Crippen LogP) is 1.92. The number of nitrogens with zero attached hydrogens (tertiary/aromatic N) is 1. The highest BCUT2D eigenvalue weighted by molar-refractivity contribution is 5.72. The second kappa shape index (κ2) is 4.97. The fourth-order valence-corrected chi connectivity index (χ4v) is 1.89. The second-order valence-electron chi connectivity index (χ2n) is 5.62. The van der Waals surface area contributed by atoms with Crippen LogP contribution >= 0.6 is 0 Å². The highest BCUT2D eigenvalue weighted by atomic mass is 16.5. The van der Waals surface area contributed by atoms with Crippen LogP contribution in [-0.2, 0) is 9.53 Å². The third-order valence-electron chi connectivity index (χ3n) is 2.98. The Kier molecular flexibility index (Phi) is 4.14. The molecule has 0 amide bonds. The number of hydrogen-bond donors (Lipinski definition) is 0. The van der Waals surface area contributed by atoms with E-state index in [9.17, 15) is 4.79 Å². The number of carbonyl (C=O) groups is 1. The van der Waals surface area contributed by atoms with Crippen molar-refractivity contribution in [1.29, 1.82) is 0 Å². The Morgan fingerprint density at radius 3 is 2.67 bits per heavy atom. The first kappa shape index (κ1) is 12.5. The first-order valence-corrected chi connectivity index (χ1v) is 5.72. The number of ether oxygens (including phenoxy) is 1. The molecule has 1 saturated heterocycles. The Morgan fingerprint density at radius 2 is 2.13 bits per heavy atom. The van der Waals surface area contributed by atoms with Crippen LogP contribution in [0, 0.1) is 11.3 Å². The average molecular weight is 213 g/mol. The van der Waals surface area contributed by atoms with Gasteiger partial charge < -0.3 is 9.64 Å². The fourth-order valence-electron chi connectivity index (χ4n) is 1.89. The van der Waals surface area contributed by atoms with Crippen molar-refractivity contribution < 1.29 is 9.53 Å². The molecule has 0 aromatic heterocycles. The summed E-state index contributed by atoms with van der Waals surface area (Å²) in [5, 5.41) is 0. The van der Waals surface area contributed by atoms with Crippen LogP contribution in [0.2, 0.25) is 0 Å². The Morgan fingerprint density at radius 1 is 1.47 bits per heavy atom. The zero-order valence-corrected chi connectivity index (χ0v) is 10.4. The quantitative estimate of drug-likeness (QED) is 0.671. The van der Waals surface area contributed by atoms with Gasteiger partial charge in [0.1, 0.15) is 0 Å². The summed E-state index contributed by atoms with van der Waals surface area (Å²) in [6.07, 6.45) is 2.14. The van der Waals surface area contributed by atoms with Crippen molar-refractivity contribution in [2.75, 3.05) is 26.7 Å². The highest BCUT2D eigenvalue weighted by Crippen LogP contribution is 2.22. The van der Waals surface area contributed by atoms with Crippen LogP contribution in [0.3, 0.4) is 0 Å².